The van der Waals surface area contributed by atoms with E-state index in [1.54, 1.807) is 6.07 Å². The summed E-state index contributed by atoms with van der Waals surface area (Å²) in [6.45, 7) is 5.88. The summed E-state index contributed by atoms with van der Waals surface area (Å²) in [5.41, 5.74) is 2.97. The Balaban J connectivity index is 0.000000437. The second kappa shape index (κ2) is 6.06. The van der Waals surface area contributed by atoms with Crippen LogP contribution >= 0.6 is 0 Å². The second-order valence-electron chi connectivity index (χ2n) is 4.49. The number of allylic oxidation sites excluding steroid dienone is 4. The first-order valence-electron chi connectivity index (χ1n) is 5.85. The number of rotatable bonds is 1. The molecular formula is C16H19N. The van der Waals surface area contributed by atoms with E-state index in [0.717, 1.165) is 6.42 Å². The number of hydrogen-bond acceptors (Lipinski definition) is 1. The molecule has 1 aromatic rings. The average molecular weight is 225 g/mol. The summed E-state index contributed by atoms with van der Waals surface area (Å²) in [5.74, 6) is 0. The van der Waals surface area contributed by atoms with Gasteiger partial charge in [0.15, 0.2) is 0 Å². The molecule has 1 aliphatic rings. The topological polar surface area (TPSA) is 23.8 Å². The molecule has 1 atom stereocenters. The van der Waals surface area contributed by atoms with Crippen LogP contribution in [-0.4, -0.2) is 0 Å². The molecule has 0 aromatic heterocycles. The Morgan fingerprint density at radius 3 is 2.29 bits per heavy atom. The molecule has 0 heterocycles. The van der Waals surface area contributed by atoms with Gasteiger partial charge in [-0.3, -0.25) is 0 Å². The Hall–Kier alpha value is -1.81. The van der Waals surface area contributed by atoms with Gasteiger partial charge in [0.1, 0.15) is 0 Å². The van der Waals surface area contributed by atoms with Crippen molar-refractivity contribution in [1.29, 1.82) is 5.26 Å². The van der Waals surface area contributed by atoms with Crippen molar-refractivity contribution in [3.05, 3.63) is 59.7 Å². The van der Waals surface area contributed by atoms with Crippen molar-refractivity contribution in [1.82, 2.24) is 0 Å². The molecule has 1 unspecified atom stereocenters. The molecule has 0 amide bonds. The predicted octanol–water partition coefficient (Wildman–Crippen LogP) is 4.38. The lowest BCUT2D eigenvalue weighted by Gasteiger charge is -2.28. The minimum absolute atomic E-state index is 0.195. The van der Waals surface area contributed by atoms with Gasteiger partial charge in [-0.05, 0) is 18.9 Å². The largest absolute Gasteiger partial charge is 0.199 e. The van der Waals surface area contributed by atoms with Crippen LogP contribution < -0.4 is 0 Å². The van der Waals surface area contributed by atoms with Crippen molar-refractivity contribution in [2.45, 2.75) is 32.6 Å². The maximum atomic E-state index is 7.32. The minimum atomic E-state index is 0.195. The Bertz CT molecular complexity index is 448. The molecule has 0 saturated carbocycles. The summed E-state index contributed by atoms with van der Waals surface area (Å²) in [7, 11) is 0. The van der Waals surface area contributed by atoms with E-state index in [9.17, 15) is 0 Å². The smallest absolute Gasteiger partial charge is 0.0587 e. The summed E-state index contributed by atoms with van der Waals surface area (Å²) in [5, 5.41) is 7.32. The van der Waals surface area contributed by atoms with E-state index in [4.69, 9.17) is 5.26 Å². The van der Waals surface area contributed by atoms with Gasteiger partial charge in [0.2, 0.25) is 0 Å². The van der Waals surface area contributed by atoms with Crippen molar-refractivity contribution < 1.29 is 0 Å². The fourth-order valence-corrected chi connectivity index (χ4v) is 1.86. The SMILES string of the molecule is CC#N.CC1=CCC(C)(c2ccccc2)C=C1. The van der Waals surface area contributed by atoms with E-state index in [1.807, 2.05) is 0 Å². The van der Waals surface area contributed by atoms with Crippen LogP contribution in [0.5, 0.6) is 0 Å². The molecule has 0 radical (unpaired) electrons. The Kier molecular flexibility index (Phi) is 4.72. The molecule has 2 rings (SSSR count). The van der Waals surface area contributed by atoms with E-state index >= 15 is 0 Å². The first kappa shape index (κ1) is 13.3. The van der Waals surface area contributed by atoms with Gasteiger partial charge >= 0.3 is 0 Å². The van der Waals surface area contributed by atoms with Crippen molar-refractivity contribution >= 4 is 0 Å². The summed E-state index contributed by atoms with van der Waals surface area (Å²) in [4.78, 5) is 0. The molecule has 0 bridgehead atoms. The Morgan fingerprint density at radius 1 is 1.24 bits per heavy atom. The van der Waals surface area contributed by atoms with Crippen LogP contribution in [0.1, 0.15) is 32.8 Å². The number of nitriles is 1. The highest BCUT2D eigenvalue weighted by Gasteiger charge is 2.23. The molecule has 0 N–H and O–H groups in total. The van der Waals surface area contributed by atoms with E-state index in [-0.39, 0.29) is 5.41 Å². The number of benzene rings is 1. The zero-order valence-corrected chi connectivity index (χ0v) is 10.8. The number of hydrogen-bond donors (Lipinski definition) is 0. The van der Waals surface area contributed by atoms with Gasteiger partial charge in [-0.2, -0.15) is 5.26 Å². The standard InChI is InChI=1S/C14H16.C2H3N/c1-12-8-10-14(2,11-9-12)13-6-4-3-5-7-13;1-2-3/h3-10H,11H2,1-2H3;1H3. The summed E-state index contributed by atoms with van der Waals surface area (Å²) >= 11 is 0. The molecule has 1 heteroatoms. The predicted molar refractivity (Wildman–Crippen MR) is 72.6 cm³/mol. The fraction of sp³-hybridized carbons (Fsp3) is 0.312. The van der Waals surface area contributed by atoms with E-state index in [1.165, 1.54) is 18.1 Å². The maximum absolute atomic E-state index is 7.32. The maximum Gasteiger partial charge on any atom is 0.0587 e. The highest BCUT2D eigenvalue weighted by molar-refractivity contribution is 5.36. The van der Waals surface area contributed by atoms with Crippen LogP contribution in [0.2, 0.25) is 0 Å². The zero-order chi connectivity index (χ0) is 12.7. The van der Waals surface area contributed by atoms with Crippen LogP contribution in [-0.2, 0) is 5.41 Å². The third kappa shape index (κ3) is 3.60. The van der Waals surface area contributed by atoms with Crippen LogP contribution in [0.4, 0.5) is 0 Å². The normalized spacial score (nSPS) is 21.9. The lowest BCUT2D eigenvalue weighted by molar-refractivity contribution is 0.596. The number of nitrogens with zero attached hydrogens (tertiary/aromatic N) is 1. The van der Waals surface area contributed by atoms with Crippen molar-refractivity contribution in [2.75, 3.05) is 0 Å². The molecular weight excluding hydrogens is 206 g/mol. The average Bonchev–Trinajstić information content (AvgIpc) is 2.35. The highest BCUT2D eigenvalue weighted by Crippen LogP contribution is 2.33. The van der Waals surface area contributed by atoms with Crippen LogP contribution in [0, 0.1) is 11.3 Å². The van der Waals surface area contributed by atoms with Crippen LogP contribution in [0.15, 0.2) is 54.1 Å². The molecule has 1 aliphatic carbocycles. The zero-order valence-electron chi connectivity index (χ0n) is 10.8. The first-order chi connectivity index (χ1) is 8.12. The quantitative estimate of drug-likeness (QED) is 0.695. The molecule has 0 saturated heterocycles. The van der Waals surface area contributed by atoms with E-state index in [2.05, 4.69) is 62.4 Å². The van der Waals surface area contributed by atoms with Gasteiger partial charge in [-0.1, -0.05) is 61.1 Å². The molecule has 88 valence electrons. The monoisotopic (exact) mass is 225 g/mol. The van der Waals surface area contributed by atoms with Crippen molar-refractivity contribution in [3.63, 3.8) is 0 Å². The Morgan fingerprint density at radius 2 is 1.82 bits per heavy atom. The van der Waals surface area contributed by atoms with Gasteiger partial charge in [0, 0.05) is 12.3 Å². The molecule has 17 heavy (non-hydrogen) atoms. The fourth-order valence-electron chi connectivity index (χ4n) is 1.86. The van der Waals surface area contributed by atoms with Gasteiger partial charge in [0.05, 0.1) is 6.07 Å². The van der Waals surface area contributed by atoms with E-state index < -0.39 is 0 Å². The highest BCUT2D eigenvalue weighted by atomic mass is 14.3. The van der Waals surface area contributed by atoms with Gasteiger partial charge in [0.25, 0.3) is 0 Å². The van der Waals surface area contributed by atoms with Gasteiger partial charge < -0.3 is 0 Å². The van der Waals surface area contributed by atoms with E-state index in [0.29, 0.717) is 0 Å². The lowest BCUT2D eigenvalue weighted by atomic mass is 9.76. The van der Waals surface area contributed by atoms with Crippen molar-refractivity contribution in [3.8, 4) is 6.07 Å². The lowest BCUT2D eigenvalue weighted by Crippen LogP contribution is -2.19. The van der Waals surface area contributed by atoms with Gasteiger partial charge in [-0.25, -0.2) is 0 Å². The molecule has 0 fully saturated rings. The molecule has 1 nitrogen and oxygen atoms in total. The third-order valence-electron chi connectivity index (χ3n) is 3.00. The molecule has 1 aromatic carbocycles. The molecule has 0 spiro atoms. The summed E-state index contributed by atoms with van der Waals surface area (Å²) in [6.07, 6.45) is 7.96. The Labute approximate surface area is 104 Å². The van der Waals surface area contributed by atoms with Crippen LogP contribution in [0.25, 0.3) is 0 Å². The summed E-state index contributed by atoms with van der Waals surface area (Å²) in [6, 6.07) is 12.5. The summed E-state index contributed by atoms with van der Waals surface area (Å²) < 4.78 is 0. The third-order valence-corrected chi connectivity index (χ3v) is 3.00. The van der Waals surface area contributed by atoms with Crippen molar-refractivity contribution in [2.24, 2.45) is 0 Å². The first-order valence-corrected chi connectivity index (χ1v) is 5.85. The minimum Gasteiger partial charge on any atom is -0.199 e. The van der Waals surface area contributed by atoms with Gasteiger partial charge in [-0.15, -0.1) is 0 Å². The van der Waals surface area contributed by atoms with Crippen LogP contribution in [0.3, 0.4) is 0 Å². The second-order valence-corrected chi connectivity index (χ2v) is 4.49. The molecule has 0 aliphatic heterocycles.